The summed E-state index contributed by atoms with van der Waals surface area (Å²) in [4.78, 5) is 16.2. The molecule has 5 nitrogen and oxygen atoms in total. The summed E-state index contributed by atoms with van der Waals surface area (Å²) in [6.45, 7) is 2.25. The molecule has 0 aromatic carbocycles. The molecule has 1 aromatic rings. The lowest BCUT2D eigenvalue weighted by Gasteiger charge is -2.16. The van der Waals surface area contributed by atoms with E-state index in [0.717, 1.165) is 0 Å². The van der Waals surface area contributed by atoms with E-state index in [1.807, 2.05) is 6.07 Å². The van der Waals surface area contributed by atoms with Gasteiger partial charge in [0.15, 0.2) is 0 Å². The average molecular weight is 190 g/mol. The van der Waals surface area contributed by atoms with E-state index in [-0.39, 0.29) is 0 Å². The molecular formula is C9H10N4O. The Labute approximate surface area is 81.8 Å². The Morgan fingerprint density at radius 2 is 2.43 bits per heavy atom. The van der Waals surface area contributed by atoms with Crippen LogP contribution < -0.4 is 10.6 Å². The Kier molecular flexibility index (Phi) is 3.02. The highest BCUT2D eigenvalue weighted by Crippen LogP contribution is 2.09. The number of anilines is 1. The maximum atomic E-state index is 10.9. The average Bonchev–Trinajstić information content (AvgIpc) is 2.19. The van der Waals surface area contributed by atoms with E-state index in [0.29, 0.717) is 17.9 Å². The first kappa shape index (κ1) is 9.99. The Bertz CT molecular complexity index is 365. The number of pyridine rings is 1. The Morgan fingerprint density at radius 3 is 2.79 bits per heavy atom. The lowest BCUT2D eigenvalue weighted by atomic mass is 10.3. The number of carbonyl (C=O) groups excluding carboxylic acids is 1. The molecule has 0 saturated heterocycles. The van der Waals surface area contributed by atoms with E-state index < -0.39 is 6.03 Å². The number of aromatic nitrogens is 1. The van der Waals surface area contributed by atoms with Crippen LogP contribution in [0, 0.1) is 11.3 Å². The van der Waals surface area contributed by atoms with Crippen LogP contribution in [0.4, 0.5) is 10.6 Å². The molecule has 0 aliphatic rings. The summed E-state index contributed by atoms with van der Waals surface area (Å²) in [6, 6.07) is 4.57. The Morgan fingerprint density at radius 1 is 1.71 bits per heavy atom. The molecule has 0 fully saturated rings. The van der Waals surface area contributed by atoms with Gasteiger partial charge in [-0.2, -0.15) is 5.26 Å². The zero-order chi connectivity index (χ0) is 10.6. The van der Waals surface area contributed by atoms with Gasteiger partial charge < -0.3 is 5.73 Å². The predicted molar refractivity (Wildman–Crippen MR) is 51.6 cm³/mol. The molecule has 0 unspecified atom stereocenters. The molecule has 2 N–H and O–H groups in total. The number of carbonyl (C=O) groups is 1. The molecular weight excluding hydrogens is 180 g/mol. The van der Waals surface area contributed by atoms with Crippen molar-refractivity contribution in [3.05, 3.63) is 23.9 Å². The number of primary amides is 1. The number of amides is 2. The van der Waals surface area contributed by atoms with Gasteiger partial charge in [0.2, 0.25) is 0 Å². The lowest BCUT2D eigenvalue weighted by Crippen LogP contribution is -2.36. The molecule has 72 valence electrons. The number of urea groups is 1. The van der Waals surface area contributed by atoms with Crippen LogP contribution in [-0.4, -0.2) is 17.6 Å². The lowest BCUT2D eigenvalue weighted by molar-refractivity contribution is 0.254. The van der Waals surface area contributed by atoms with Crippen molar-refractivity contribution in [1.29, 1.82) is 5.26 Å². The van der Waals surface area contributed by atoms with Gasteiger partial charge in [-0.15, -0.1) is 0 Å². The van der Waals surface area contributed by atoms with Gasteiger partial charge in [-0.1, -0.05) is 0 Å². The Hall–Kier alpha value is -2.09. The van der Waals surface area contributed by atoms with E-state index in [9.17, 15) is 4.79 Å². The third-order valence-electron chi connectivity index (χ3n) is 1.74. The standard InChI is InChI=1S/C9H10N4O/c1-2-13(9(11)14)8-4-3-7(5-10)6-12-8/h3-4,6H,2H2,1H3,(H2,11,14). The molecule has 0 atom stereocenters. The van der Waals surface area contributed by atoms with Gasteiger partial charge in [0, 0.05) is 12.7 Å². The van der Waals surface area contributed by atoms with Crippen LogP contribution in [0.15, 0.2) is 18.3 Å². The highest BCUT2D eigenvalue weighted by atomic mass is 16.2. The van der Waals surface area contributed by atoms with Crippen LogP contribution >= 0.6 is 0 Å². The molecule has 1 heterocycles. The molecule has 0 aliphatic heterocycles. The van der Waals surface area contributed by atoms with Crippen LogP contribution in [0.2, 0.25) is 0 Å². The third-order valence-corrected chi connectivity index (χ3v) is 1.74. The minimum atomic E-state index is -0.551. The van der Waals surface area contributed by atoms with Crippen molar-refractivity contribution in [2.75, 3.05) is 11.4 Å². The van der Waals surface area contributed by atoms with Gasteiger partial charge in [0.05, 0.1) is 5.56 Å². The van der Waals surface area contributed by atoms with Crippen molar-refractivity contribution >= 4 is 11.8 Å². The summed E-state index contributed by atoms with van der Waals surface area (Å²) in [7, 11) is 0. The normalized spacial score (nSPS) is 9.14. The smallest absolute Gasteiger partial charge is 0.320 e. The van der Waals surface area contributed by atoms with Crippen molar-refractivity contribution in [3.8, 4) is 6.07 Å². The van der Waals surface area contributed by atoms with Gasteiger partial charge in [-0.25, -0.2) is 9.78 Å². The van der Waals surface area contributed by atoms with E-state index in [4.69, 9.17) is 11.0 Å². The number of rotatable bonds is 2. The maximum absolute atomic E-state index is 10.9. The molecule has 0 spiro atoms. The van der Waals surface area contributed by atoms with Crippen molar-refractivity contribution in [2.45, 2.75) is 6.92 Å². The van der Waals surface area contributed by atoms with Crippen molar-refractivity contribution in [3.63, 3.8) is 0 Å². The second kappa shape index (κ2) is 4.23. The van der Waals surface area contributed by atoms with Crippen molar-refractivity contribution in [2.24, 2.45) is 5.73 Å². The second-order valence-corrected chi connectivity index (χ2v) is 2.60. The molecule has 0 radical (unpaired) electrons. The van der Waals surface area contributed by atoms with Crippen LogP contribution in [0.3, 0.4) is 0 Å². The number of nitrogens with zero attached hydrogens (tertiary/aromatic N) is 3. The zero-order valence-corrected chi connectivity index (χ0v) is 7.77. The third kappa shape index (κ3) is 1.98. The highest BCUT2D eigenvalue weighted by molar-refractivity contribution is 5.89. The first-order chi connectivity index (χ1) is 6.69. The summed E-state index contributed by atoms with van der Waals surface area (Å²) < 4.78 is 0. The van der Waals surface area contributed by atoms with E-state index >= 15 is 0 Å². The van der Waals surface area contributed by atoms with Crippen LogP contribution in [-0.2, 0) is 0 Å². The summed E-state index contributed by atoms with van der Waals surface area (Å²) in [6.07, 6.45) is 1.40. The molecule has 2 amide bonds. The van der Waals surface area contributed by atoms with Gasteiger partial charge in [0.1, 0.15) is 11.9 Å². The largest absolute Gasteiger partial charge is 0.351 e. The molecule has 0 aliphatic carbocycles. The number of hydrogen-bond acceptors (Lipinski definition) is 3. The number of hydrogen-bond donors (Lipinski definition) is 1. The molecule has 1 aromatic heterocycles. The monoisotopic (exact) mass is 190 g/mol. The quantitative estimate of drug-likeness (QED) is 0.750. The van der Waals surface area contributed by atoms with E-state index in [1.54, 1.807) is 19.1 Å². The van der Waals surface area contributed by atoms with E-state index in [1.165, 1.54) is 11.1 Å². The van der Waals surface area contributed by atoms with Crippen LogP contribution in [0.5, 0.6) is 0 Å². The maximum Gasteiger partial charge on any atom is 0.320 e. The van der Waals surface area contributed by atoms with Crippen molar-refractivity contribution < 1.29 is 4.79 Å². The second-order valence-electron chi connectivity index (χ2n) is 2.60. The SMILES string of the molecule is CCN(C(N)=O)c1ccc(C#N)cn1. The first-order valence-electron chi connectivity index (χ1n) is 4.12. The zero-order valence-electron chi connectivity index (χ0n) is 7.77. The molecule has 1 rings (SSSR count). The first-order valence-corrected chi connectivity index (χ1v) is 4.12. The molecule has 0 saturated carbocycles. The van der Waals surface area contributed by atoms with Crippen LogP contribution in [0.25, 0.3) is 0 Å². The van der Waals surface area contributed by atoms with Gasteiger partial charge in [-0.05, 0) is 19.1 Å². The predicted octanol–water partition coefficient (Wildman–Crippen LogP) is 0.858. The summed E-state index contributed by atoms with van der Waals surface area (Å²) in [5.74, 6) is 0.457. The molecule has 5 heteroatoms. The summed E-state index contributed by atoms with van der Waals surface area (Å²) in [5, 5.41) is 8.54. The fourth-order valence-electron chi connectivity index (χ4n) is 1.04. The van der Waals surface area contributed by atoms with Gasteiger partial charge in [0.25, 0.3) is 0 Å². The minimum absolute atomic E-state index is 0.453. The number of nitriles is 1. The Balaban J connectivity index is 2.96. The molecule has 0 bridgehead atoms. The summed E-state index contributed by atoms with van der Waals surface area (Å²) in [5.41, 5.74) is 5.58. The van der Waals surface area contributed by atoms with Gasteiger partial charge >= 0.3 is 6.03 Å². The molecule has 14 heavy (non-hydrogen) atoms. The number of nitrogens with two attached hydrogens (primary N) is 1. The fourth-order valence-corrected chi connectivity index (χ4v) is 1.04. The van der Waals surface area contributed by atoms with Crippen molar-refractivity contribution in [1.82, 2.24) is 4.98 Å². The summed E-state index contributed by atoms with van der Waals surface area (Å²) >= 11 is 0. The highest BCUT2D eigenvalue weighted by Gasteiger charge is 2.10. The fraction of sp³-hybridized carbons (Fsp3) is 0.222. The minimum Gasteiger partial charge on any atom is -0.351 e. The van der Waals surface area contributed by atoms with Crippen LogP contribution in [0.1, 0.15) is 12.5 Å². The van der Waals surface area contributed by atoms with Gasteiger partial charge in [-0.3, -0.25) is 4.90 Å². The topological polar surface area (TPSA) is 83.0 Å². The van der Waals surface area contributed by atoms with E-state index in [2.05, 4.69) is 4.98 Å².